The first-order valence-electron chi connectivity index (χ1n) is 7.14. The van der Waals surface area contributed by atoms with E-state index in [0.29, 0.717) is 12.6 Å². The van der Waals surface area contributed by atoms with Gasteiger partial charge in [0.25, 0.3) is 0 Å². The number of rotatable bonds is 5. The van der Waals surface area contributed by atoms with Crippen molar-refractivity contribution in [3.05, 3.63) is 0 Å². The molecule has 0 spiro atoms. The lowest BCUT2D eigenvalue weighted by atomic mass is 10.1. The van der Waals surface area contributed by atoms with Crippen LogP contribution in [0, 0.1) is 0 Å². The number of hydrogen-bond donors (Lipinski definition) is 2. The van der Waals surface area contributed by atoms with E-state index >= 15 is 0 Å². The van der Waals surface area contributed by atoms with E-state index < -0.39 is 0 Å². The van der Waals surface area contributed by atoms with Crippen molar-refractivity contribution in [2.75, 3.05) is 45.9 Å². The van der Waals surface area contributed by atoms with Crippen molar-refractivity contribution in [3.63, 3.8) is 0 Å². The SMILES string of the molecule is O=C(CN1CCNCC1)N1CCCC1CCCO. The van der Waals surface area contributed by atoms with E-state index in [2.05, 4.69) is 10.2 Å². The molecule has 5 heteroatoms. The van der Waals surface area contributed by atoms with E-state index in [1.807, 2.05) is 4.90 Å². The molecule has 2 N–H and O–H groups in total. The quantitative estimate of drug-likeness (QED) is 0.705. The third-order valence-electron chi connectivity index (χ3n) is 3.96. The van der Waals surface area contributed by atoms with Crippen LogP contribution in [0.5, 0.6) is 0 Å². The van der Waals surface area contributed by atoms with Crippen LogP contribution in [0.1, 0.15) is 25.7 Å². The maximum Gasteiger partial charge on any atom is 0.236 e. The fourth-order valence-electron chi connectivity index (χ4n) is 2.94. The molecule has 1 amide bonds. The van der Waals surface area contributed by atoms with E-state index in [1.165, 1.54) is 0 Å². The summed E-state index contributed by atoms with van der Waals surface area (Å²) in [6, 6.07) is 0.368. The average molecular weight is 255 g/mol. The van der Waals surface area contributed by atoms with Crippen molar-refractivity contribution in [3.8, 4) is 0 Å². The van der Waals surface area contributed by atoms with Gasteiger partial charge in [-0.15, -0.1) is 0 Å². The summed E-state index contributed by atoms with van der Waals surface area (Å²) in [5, 5.41) is 12.2. The molecular formula is C13H25N3O2. The van der Waals surface area contributed by atoms with Gasteiger partial charge in [0.15, 0.2) is 0 Å². The zero-order valence-corrected chi connectivity index (χ0v) is 11.1. The lowest BCUT2D eigenvalue weighted by Gasteiger charge is -2.30. The molecule has 0 aromatic carbocycles. The summed E-state index contributed by atoms with van der Waals surface area (Å²) >= 11 is 0. The highest BCUT2D eigenvalue weighted by Crippen LogP contribution is 2.21. The fourth-order valence-corrected chi connectivity index (χ4v) is 2.94. The van der Waals surface area contributed by atoms with E-state index in [0.717, 1.165) is 58.4 Å². The van der Waals surface area contributed by atoms with E-state index in [9.17, 15) is 4.79 Å². The minimum atomic E-state index is 0.232. The van der Waals surface area contributed by atoms with Crippen molar-refractivity contribution in [2.45, 2.75) is 31.7 Å². The number of nitrogens with one attached hydrogen (secondary N) is 1. The fraction of sp³-hybridized carbons (Fsp3) is 0.923. The molecule has 0 bridgehead atoms. The molecule has 2 heterocycles. The zero-order valence-electron chi connectivity index (χ0n) is 11.1. The number of amides is 1. The summed E-state index contributed by atoms with van der Waals surface area (Å²) in [7, 11) is 0. The maximum absolute atomic E-state index is 12.3. The van der Waals surface area contributed by atoms with Gasteiger partial charge in [0.2, 0.25) is 5.91 Å². The second-order valence-electron chi connectivity index (χ2n) is 5.28. The van der Waals surface area contributed by atoms with Gasteiger partial charge in [-0.05, 0) is 25.7 Å². The Morgan fingerprint density at radius 2 is 2.06 bits per heavy atom. The molecule has 2 aliphatic heterocycles. The second kappa shape index (κ2) is 7.07. The third-order valence-corrected chi connectivity index (χ3v) is 3.96. The molecule has 2 aliphatic rings. The molecule has 2 rings (SSSR count). The Kier molecular flexibility index (Phi) is 5.41. The largest absolute Gasteiger partial charge is 0.396 e. The molecule has 0 aromatic rings. The van der Waals surface area contributed by atoms with Gasteiger partial charge in [-0.2, -0.15) is 0 Å². The van der Waals surface area contributed by atoms with Crippen molar-refractivity contribution in [2.24, 2.45) is 0 Å². The molecule has 2 fully saturated rings. The lowest BCUT2D eigenvalue weighted by molar-refractivity contribution is -0.133. The molecular weight excluding hydrogens is 230 g/mol. The summed E-state index contributed by atoms with van der Waals surface area (Å²) < 4.78 is 0. The standard InChI is InChI=1S/C13H25N3O2/c17-10-2-4-12-3-1-7-16(12)13(18)11-15-8-5-14-6-9-15/h12,14,17H,1-11H2. The van der Waals surface area contributed by atoms with Gasteiger partial charge < -0.3 is 15.3 Å². The third kappa shape index (κ3) is 3.67. The Labute approximate surface area is 109 Å². The molecule has 18 heavy (non-hydrogen) atoms. The summed E-state index contributed by atoms with van der Waals surface area (Å²) in [6.07, 6.45) is 3.97. The van der Waals surface area contributed by atoms with Crippen LogP contribution in [-0.4, -0.2) is 72.7 Å². The molecule has 2 saturated heterocycles. The number of aliphatic hydroxyl groups is 1. The van der Waals surface area contributed by atoms with Crippen molar-refractivity contribution in [1.29, 1.82) is 0 Å². The molecule has 1 atom stereocenters. The van der Waals surface area contributed by atoms with Gasteiger partial charge in [-0.25, -0.2) is 0 Å². The first-order valence-corrected chi connectivity index (χ1v) is 7.14. The molecule has 0 saturated carbocycles. The van der Waals surface area contributed by atoms with Crippen LogP contribution < -0.4 is 5.32 Å². The first-order chi connectivity index (χ1) is 8.81. The van der Waals surface area contributed by atoms with Gasteiger partial charge in [-0.3, -0.25) is 9.69 Å². The maximum atomic E-state index is 12.3. The van der Waals surface area contributed by atoms with Crippen LogP contribution in [0.15, 0.2) is 0 Å². The van der Waals surface area contributed by atoms with Gasteiger partial charge in [0, 0.05) is 45.4 Å². The van der Waals surface area contributed by atoms with Gasteiger partial charge in [0.05, 0.1) is 6.54 Å². The number of nitrogens with zero attached hydrogens (tertiary/aromatic N) is 2. The Hall–Kier alpha value is -0.650. The zero-order chi connectivity index (χ0) is 12.8. The molecule has 0 aliphatic carbocycles. The Morgan fingerprint density at radius 1 is 1.28 bits per heavy atom. The Morgan fingerprint density at radius 3 is 2.78 bits per heavy atom. The summed E-state index contributed by atoms with van der Waals surface area (Å²) in [5.74, 6) is 0.275. The van der Waals surface area contributed by atoms with Gasteiger partial charge in [-0.1, -0.05) is 0 Å². The lowest BCUT2D eigenvalue weighted by Crippen LogP contribution is -2.49. The monoisotopic (exact) mass is 255 g/mol. The van der Waals surface area contributed by atoms with Crippen LogP contribution in [0.3, 0.4) is 0 Å². The van der Waals surface area contributed by atoms with E-state index in [-0.39, 0.29) is 12.5 Å². The minimum absolute atomic E-state index is 0.232. The van der Waals surface area contributed by atoms with Crippen LogP contribution in [-0.2, 0) is 4.79 Å². The number of carbonyl (C=O) groups excluding carboxylic acids is 1. The number of carbonyl (C=O) groups is 1. The topological polar surface area (TPSA) is 55.8 Å². The number of hydrogen-bond acceptors (Lipinski definition) is 4. The van der Waals surface area contributed by atoms with E-state index in [1.54, 1.807) is 0 Å². The molecule has 104 valence electrons. The summed E-state index contributed by atoms with van der Waals surface area (Å²) in [5.41, 5.74) is 0. The highest BCUT2D eigenvalue weighted by Gasteiger charge is 2.29. The second-order valence-corrected chi connectivity index (χ2v) is 5.28. The molecule has 0 radical (unpaired) electrons. The van der Waals surface area contributed by atoms with Crippen molar-refractivity contribution in [1.82, 2.24) is 15.1 Å². The van der Waals surface area contributed by atoms with Crippen LogP contribution in [0.25, 0.3) is 0 Å². The smallest absolute Gasteiger partial charge is 0.236 e. The van der Waals surface area contributed by atoms with Crippen LogP contribution in [0.4, 0.5) is 0 Å². The molecule has 0 aromatic heterocycles. The highest BCUT2D eigenvalue weighted by molar-refractivity contribution is 5.78. The number of piperazine rings is 1. The van der Waals surface area contributed by atoms with Crippen molar-refractivity contribution < 1.29 is 9.90 Å². The predicted molar refractivity (Wildman–Crippen MR) is 70.4 cm³/mol. The van der Waals surface area contributed by atoms with E-state index in [4.69, 9.17) is 5.11 Å². The summed E-state index contributed by atoms with van der Waals surface area (Å²) in [4.78, 5) is 16.6. The number of likely N-dealkylation sites (tertiary alicyclic amines) is 1. The first kappa shape index (κ1) is 13.8. The molecule has 1 unspecified atom stereocenters. The van der Waals surface area contributed by atoms with Crippen LogP contribution >= 0.6 is 0 Å². The summed E-state index contributed by atoms with van der Waals surface area (Å²) in [6.45, 7) is 5.62. The minimum Gasteiger partial charge on any atom is -0.396 e. The highest BCUT2D eigenvalue weighted by atomic mass is 16.3. The normalized spacial score (nSPS) is 25.6. The Bertz CT molecular complexity index is 267. The van der Waals surface area contributed by atoms with Crippen molar-refractivity contribution >= 4 is 5.91 Å². The number of aliphatic hydroxyl groups excluding tert-OH is 1. The van der Waals surface area contributed by atoms with Gasteiger partial charge in [0.1, 0.15) is 0 Å². The predicted octanol–water partition coefficient (Wildman–Crippen LogP) is -0.345. The average Bonchev–Trinajstić information content (AvgIpc) is 2.86. The van der Waals surface area contributed by atoms with Gasteiger partial charge >= 0.3 is 0 Å². The Balaban J connectivity index is 1.79. The molecule has 5 nitrogen and oxygen atoms in total. The van der Waals surface area contributed by atoms with Crippen LogP contribution in [0.2, 0.25) is 0 Å².